The minimum absolute atomic E-state index is 0.0575. The molecule has 0 bridgehead atoms. The summed E-state index contributed by atoms with van der Waals surface area (Å²) >= 11 is 3.44. The van der Waals surface area contributed by atoms with Crippen molar-refractivity contribution in [2.45, 2.75) is 51.4 Å². The molecule has 14 heavy (non-hydrogen) atoms. The molecular weight excluding hydrogens is 242 g/mol. The summed E-state index contributed by atoms with van der Waals surface area (Å²) in [6, 6.07) is 0. The largest absolute Gasteiger partial charge is 0.340 e. The van der Waals surface area contributed by atoms with Crippen molar-refractivity contribution in [2.75, 3.05) is 7.05 Å². The number of carbonyl (C=O) groups excluding carboxylic acids is 1. The zero-order chi connectivity index (χ0) is 11.5. The van der Waals surface area contributed by atoms with Crippen molar-refractivity contribution >= 4 is 21.8 Å². The van der Waals surface area contributed by atoms with Crippen molar-refractivity contribution < 1.29 is 4.79 Å². The van der Waals surface area contributed by atoms with Crippen LogP contribution in [0.15, 0.2) is 0 Å². The molecule has 0 saturated heterocycles. The third-order valence-electron chi connectivity index (χ3n) is 2.93. The Kier molecular flexibility index (Phi) is 5.13. The van der Waals surface area contributed by atoms with E-state index in [4.69, 9.17) is 0 Å². The van der Waals surface area contributed by atoms with Gasteiger partial charge in [-0.2, -0.15) is 0 Å². The molecule has 0 aliphatic heterocycles. The first-order valence-corrected chi connectivity index (χ1v) is 6.07. The van der Waals surface area contributed by atoms with E-state index in [1.165, 1.54) is 0 Å². The second-order valence-electron chi connectivity index (χ2n) is 4.71. The Bertz CT molecular complexity index is 201. The average Bonchev–Trinajstić information content (AvgIpc) is 2.14. The van der Waals surface area contributed by atoms with Gasteiger partial charge in [0.25, 0.3) is 0 Å². The van der Waals surface area contributed by atoms with Gasteiger partial charge in [-0.1, -0.05) is 36.7 Å². The normalized spacial score (nSPS) is 14.3. The van der Waals surface area contributed by atoms with E-state index < -0.39 is 0 Å². The fourth-order valence-electron chi connectivity index (χ4n) is 1.01. The maximum atomic E-state index is 12.0. The van der Waals surface area contributed by atoms with E-state index in [0.29, 0.717) is 5.92 Å². The van der Waals surface area contributed by atoms with E-state index in [1.807, 2.05) is 25.8 Å². The number of nitrogens with zero attached hydrogens (tertiary/aromatic N) is 1. The number of amides is 1. The molecule has 0 aromatic carbocycles. The van der Waals surface area contributed by atoms with Crippen molar-refractivity contribution in [2.24, 2.45) is 5.92 Å². The summed E-state index contributed by atoms with van der Waals surface area (Å²) in [5, 5.41) is 0. The summed E-state index contributed by atoms with van der Waals surface area (Å²) in [6.07, 6.45) is 0.965. The molecule has 0 aromatic rings. The lowest BCUT2D eigenvalue weighted by molar-refractivity contribution is -0.134. The molecule has 0 aliphatic carbocycles. The summed E-state index contributed by atoms with van der Waals surface area (Å²) < 4.78 is 0. The molecule has 1 unspecified atom stereocenters. The highest BCUT2D eigenvalue weighted by molar-refractivity contribution is 9.10. The molecule has 0 fully saturated rings. The quantitative estimate of drug-likeness (QED) is 0.715. The van der Waals surface area contributed by atoms with Gasteiger partial charge in [0.1, 0.15) is 0 Å². The Morgan fingerprint density at radius 2 is 1.86 bits per heavy atom. The maximum absolute atomic E-state index is 12.0. The molecule has 1 atom stereocenters. The van der Waals surface area contributed by atoms with Crippen LogP contribution in [0.4, 0.5) is 0 Å². The van der Waals surface area contributed by atoms with Crippen LogP contribution in [0.1, 0.15) is 41.0 Å². The van der Waals surface area contributed by atoms with E-state index >= 15 is 0 Å². The van der Waals surface area contributed by atoms with Crippen LogP contribution >= 0.6 is 15.9 Å². The smallest absolute Gasteiger partial charge is 0.236 e. The van der Waals surface area contributed by atoms with Gasteiger partial charge in [0.2, 0.25) is 5.91 Å². The van der Waals surface area contributed by atoms with Crippen LogP contribution in [-0.2, 0) is 4.79 Å². The molecular formula is C11H22BrNO. The molecule has 0 aromatic heterocycles. The molecule has 0 heterocycles. The fourth-order valence-corrected chi connectivity index (χ4v) is 1.31. The Morgan fingerprint density at radius 1 is 1.43 bits per heavy atom. The van der Waals surface area contributed by atoms with Crippen LogP contribution in [0.2, 0.25) is 0 Å². The Morgan fingerprint density at radius 3 is 2.14 bits per heavy atom. The third kappa shape index (κ3) is 3.26. The molecule has 84 valence electrons. The van der Waals surface area contributed by atoms with E-state index in [1.54, 1.807) is 0 Å². The molecule has 3 heteroatoms. The Hall–Kier alpha value is -0.0500. The second kappa shape index (κ2) is 5.15. The average molecular weight is 264 g/mol. The SMILES string of the molecule is CCC(C)(C)N(C)C(=O)C(Br)C(C)C. The summed E-state index contributed by atoms with van der Waals surface area (Å²) in [4.78, 5) is 13.7. The van der Waals surface area contributed by atoms with Gasteiger partial charge in [0.05, 0.1) is 4.83 Å². The predicted octanol–water partition coefficient (Wildman–Crippen LogP) is 3.05. The van der Waals surface area contributed by atoms with Crippen LogP contribution in [0, 0.1) is 5.92 Å². The minimum Gasteiger partial charge on any atom is -0.340 e. The summed E-state index contributed by atoms with van der Waals surface area (Å²) in [5.41, 5.74) is -0.0575. The first kappa shape index (κ1) is 13.9. The van der Waals surface area contributed by atoms with Gasteiger partial charge in [0.15, 0.2) is 0 Å². The molecule has 0 aliphatic rings. The van der Waals surface area contributed by atoms with Gasteiger partial charge in [-0.3, -0.25) is 4.79 Å². The van der Waals surface area contributed by atoms with Crippen molar-refractivity contribution in [3.05, 3.63) is 0 Å². The second-order valence-corrected chi connectivity index (χ2v) is 5.70. The zero-order valence-corrected chi connectivity index (χ0v) is 11.7. The van der Waals surface area contributed by atoms with Crippen molar-refractivity contribution in [3.63, 3.8) is 0 Å². The lowest BCUT2D eigenvalue weighted by Crippen LogP contribution is -2.48. The van der Waals surface area contributed by atoms with Gasteiger partial charge in [-0.25, -0.2) is 0 Å². The van der Waals surface area contributed by atoms with Crippen LogP contribution in [-0.4, -0.2) is 28.2 Å². The number of hydrogen-bond acceptors (Lipinski definition) is 1. The van der Waals surface area contributed by atoms with E-state index in [9.17, 15) is 4.79 Å². The monoisotopic (exact) mass is 263 g/mol. The standard InChI is InChI=1S/C11H22BrNO/c1-7-11(4,5)13(6)10(14)9(12)8(2)3/h8-9H,7H2,1-6H3. The van der Waals surface area contributed by atoms with E-state index in [0.717, 1.165) is 6.42 Å². The highest BCUT2D eigenvalue weighted by Gasteiger charge is 2.30. The fraction of sp³-hybridized carbons (Fsp3) is 0.909. The van der Waals surface area contributed by atoms with E-state index in [-0.39, 0.29) is 16.3 Å². The zero-order valence-electron chi connectivity index (χ0n) is 10.1. The van der Waals surface area contributed by atoms with Crippen molar-refractivity contribution in [1.29, 1.82) is 0 Å². The number of rotatable bonds is 4. The molecule has 0 N–H and O–H groups in total. The van der Waals surface area contributed by atoms with Gasteiger partial charge < -0.3 is 4.90 Å². The van der Waals surface area contributed by atoms with E-state index in [2.05, 4.69) is 36.7 Å². The summed E-state index contributed by atoms with van der Waals surface area (Å²) in [7, 11) is 1.88. The van der Waals surface area contributed by atoms with Gasteiger partial charge in [-0.05, 0) is 26.2 Å². The summed E-state index contributed by atoms with van der Waals surface area (Å²) in [5.74, 6) is 0.504. The molecule has 0 spiro atoms. The number of halogens is 1. The first-order chi connectivity index (χ1) is 6.24. The van der Waals surface area contributed by atoms with Crippen molar-refractivity contribution in [1.82, 2.24) is 4.90 Å². The van der Waals surface area contributed by atoms with Crippen LogP contribution in [0.25, 0.3) is 0 Å². The highest BCUT2D eigenvalue weighted by Crippen LogP contribution is 2.22. The first-order valence-electron chi connectivity index (χ1n) is 5.15. The lowest BCUT2D eigenvalue weighted by atomic mass is 9.98. The Labute approximate surface area is 96.2 Å². The molecule has 1 amide bonds. The van der Waals surface area contributed by atoms with Crippen LogP contribution in [0.5, 0.6) is 0 Å². The molecule has 0 rings (SSSR count). The minimum atomic E-state index is -0.0710. The van der Waals surface area contributed by atoms with Gasteiger partial charge >= 0.3 is 0 Å². The van der Waals surface area contributed by atoms with Crippen LogP contribution in [0.3, 0.4) is 0 Å². The number of carbonyl (C=O) groups is 1. The van der Waals surface area contributed by atoms with Gasteiger partial charge in [0, 0.05) is 12.6 Å². The summed E-state index contributed by atoms with van der Waals surface area (Å²) in [6.45, 7) is 10.4. The van der Waals surface area contributed by atoms with Gasteiger partial charge in [-0.15, -0.1) is 0 Å². The molecule has 0 saturated carbocycles. The Balaban J connectivity index is 4.55. The third-order valence-corrected chi connectivity index (χ3v) is 4.37. The van der Waals surface area contributed by atoms with Crippen LogP contribution < -0.4 is 0 Å². The highest BCUT2D eigenvalue weighted by atomic mass is 79.9. The number of hydrogen-bond donors (Lipinski definition) is 0. The molecule has 0 radical (unpaired) electrons. The maximum Gasteiger partial charge on any atom is 0.236 e. The lowest BCUT2D eigenvalue weighted by Gasteiger charge is -2.36. The van der Waals surface area contributed by atoms with Crippen molar-refractivity contribution in [3.8, 4) is 0 Å². The number of alkyl halides is 1. The molecule has 2 nitrogen and oxygen atoms in total. The topological polar surface area (TPSA) is 20.3 Å². The predicted molar refractivity (Wildman–Crippen MR) is 64.7 cm³/mol.